The minimum atomic E-state index is -2.90. The zero-order valence-electron chi connectivity index (χ0n) is 20.9. The maximum atomic E-state index is 12.9. The van der Waals surface area contributed by atoms with E-state index in [4.69, 9.17) is 5.26 Å². The SMILES string of the molecule is C[C@H]1CN(C(=O)Nc2ccc(OC(F)F)cc2)CCN1c1nnc(-c2ccc(C#N)cc2)c2ccccc12.Cl. The molecule has 8 nitrogen and oxygen atoms in total. The number of alkyl halides is 2. The van der Waals surface area contributed by atoms with Crippen LogP contribution in [-0.2, 0) is 0 Å². The molecule has 1 aromatic heterocycles. The third kappa shape index (κ3) is 5.99. The summed E-state index contributed by atoms with van der Waals surface area (Å²) in [5.41, 5.74) is 2.69. The molecule has 1 atom stereocenters. The molecule has 1 fully saturated rings. The lowest BCUT2D eigenvalue weighted by molar-refractivity contribution is -0.0498. The molecule has 5 rings (SSSR count). The number of nitrogens with zero attached hydrogens (tertiary/aromatic N) is 5. The van der Waals surface area contributed by atoms with Crippen molar-refractivity contribution in [3.8, 4) is 23.1 Å². The predicted molar refractivity (Wildman–Crippen MR) is 147 cm³/mol. The van der Waals surface area contributed by atoms with Crippen LogP contribution in [-0.4, -0.2) is 53.4 Å². The number of carbonyl (C=O) groups excluding carboxylic acids is 1. The third-order valence-electron chi connectivity index (χ3n) is 6.47. The zero-order valence-corrected chi connectivity index (χ0v) is 21.7. The molecule has 0 saturated carbocycles. The summed E-state index contributed by atoms with van der Waals surface area (Å²) < 4.78 is 29.1. The van der Waals surface area contributed by atoms with E-state index in [1.807, 2.05) is 43.3 Å². The first kappa shape index (κ1) is 27.5. The molecule has 39 heavy (non-hydrogen) atoms. The monoisotopic (exact) mass is 550 g/mol. The number of anilines is 2. The van der Waals surface area contributed by atoms with Gasteiger partial charge in [-0.3, -0.25) is 0 Å². The fraction of sp³-hybridized carbons (Fsp3) is 0.214. The summed E-state index contributed by atoms with van der Waals surface area (Å²) in [6.45, 7) is 0.621. The van der Waals surface area contributed by atoms with Gasteiger partial charge < -0.3 is 19.9 Å². The van der Waals surface area contributed by atoms with Crippen LogP contribution in [0.25, 0.3) is 22.0 Å². The molecule has 3 aromatic carbocycles. The van der Waals surface area contributed by atoms with Crippen molar-refractivity contribution in [3.63, 3.8) is 0 Å². The number of nitriles is 1. The van der Waals surface area contributed by atoms with Crippen LogP contribution in [0.5, 0.6) is 5.75 Å². The van der Waals surface area contributed by atoms with Crippen LogP contribution >= 0.6 is 12.4 Å². The number of hydrogen-bond donors (Lipinski definition) is 1. The standard InChI is InChI=1S/C28H24F2N6O2.ClH/c1-18-17-35(28(37)32-21-10-12-22(13-11-21)38-27(29)30)14-15-36(18)26-24-5-3-2-4-23(24)25(33-34-26)20-8-6-19(16-31)7-9-20;/h2-13,18,27H,14-15,17H2,1H3,(H,32,37);1H/t18-;/m0./s1. The van der Waals surface area contributed by atoms with Gasteiger partial charge in [-0.15, -0.1) is 22.6 Å². The highest BCUT2D eigenvalue weighted by molar-refractivity contribution is 6.00. The Morgan fingerprint density at radius 1 is 1.03 bits per heavy atom. The molecule has 1 aliphatic heterocycles. The number of benzene rings is 3. The summed E-state index contributed by atoms with van der Waals surface area (Å²) in [6.07, 6.45) is 0. The van der Waals surface area contributed by atoms with E-state index in [-0.39, 0.29) is 30.2 Å². The smallest absolute Gasteiger partial charge is 0.387 e. The minimum absolute atomic E-state index is 0. The van der Waals surface area contributed by atoms with Crippen molar-refractivity contribution >= 4 is 40.7 Å². The Hall–Kier alpha value is -4.49. The summed E-state index contributed by atoms with van der Waals surface area (Å²) in [7, 11) is 0. The number of piperazine rings is 1. The van der Waals surface area contributed by atoms with Gasteiger partial charge in [-0.25, -0.2) is 4.79 Å². The van der Waals surface area contributed by atoms with Gasteiger partial charge in [0, 0.05) is 47.7 Å². The van der Waals surface area contributed by atoms with Gasteiger partial charge in [-0.2, -0.15) is 14.0 Å². The van der Waals surface area contributed by atoms with Crippen LogP contribution < -0.4 is 15.0 Å². The van der Waals surface area contributed by atoms with E-state index in [0.717, 1.165) is 27.8 Å². The molecular formula is C28H25ClF2N6O2. The Morgan fingerprint density at radius 3 is 2.36 bits per heavy atom. The number of fused-ring (bicyclic) bond motifs is 1. The summed E-state index contributed by atoms with van der Waals surface area (Å²) in [5, 5.41) is 23.0. The Balaban J connectivity index is 0.00000353. The number of halogens is 3. The maximum absolute atomic E-state index is 12.9. The topological polar surface area (TPSA) is 94.4 Å². The number of aromatic nitrogens is 2. The average Bonchev–Trinajstić information content (AvgIpc) is 2.93. The molecule has 1 N–H and O–H groups in total. The van der Waals surface area contributed by atoms with Gasteiger partial charge >= 0.3 is 12.6 Å². The number of ether oxygens (including phenoxy) is 1. The normalized spacial score (nSPS) is 15.0. The van der Waals surface area contributed by atoms with Crippen LogP contribution in [0, 0.1) is 11.3 Å². The molecule has 11 heteroatoms. The van der Waals surface area contributed by atoms with Crippen LogP contribution in [0.2, 0.25) is 0 Å². The highest BCUT2D eigenvalue weighted by Crippen LogP contribution is 2.33. The molecular weight excluding hydrogens is 526 g/mol. The van der Waals surface area contributed by atoms with E-state index in [9.17, 15) is 13.6 Å². The largest absolute Gasteiger partial charge is 0.435 e. The molecule has 2 heterocycles. The van der Waals surface area contributed by atoms with E-state index in [1.54, 1.807) is 17.0 Å². The van der Waals surface area contributed by atoms with E-state index in [1.165, 1.54) is 24.3 Å². The van der Waals surface area contributed by atoms with Gasteiger partial charge in [0.2, 0.25) is 0 Å². The lowest BCUT2D eigenvalue weighted by Crippen LogP contribution is -2.55. The molecule has 2 amide bonds. The maximum Gasteiger partial charge on any atom is 0.387 e. The summed E-state index contributed by atoms with van der Waals surface area (Å²) in [4.78, 5) is 16.7. The van der Waals surface area contributed by atoms with Gasteiger partial charge in [-0.1, -0.05) is 36.4 Å². The van der Waals surface area contributed by atoms with Gasteiger partial charge in [0.15, 0.2) is 5.82 Å². The second-order valence-electron chi connectivity index (χ2n) is 8.93. The number of carbonyl (C=O) groups is 1. The molecule has 1 aliphatic rings. The molecule has 0 unspecified atom stereocenters. The lowest BCUT2D eigenvalue weighted by atomic mass is 10.0. The predicted octanol–water partition coefficient (Wildman–Crippen LogP) is 5.93. The van der Waals surface area contributed by atoms with E-state index >= 15 is 0 Å². The molecule has 0 aliphatic carbocycles. The molecule has 4 aromatic rings. The number of amides is 2. The van der Waals surface area contributed by atoms with Crippen molar-refractivity contribution in [3.05, 3.63) is 78.4 Å². The van der Waals surface area contributed by atoms with Crippen molar-refractivity contribution in [1.29, 1.82) is 5.26 Å². The second kappa shape index (κ2) is 11.9. The first-order chi connectivity index (χ1) is 18.4. The van der Waals surface area contributed by atoms with Crippen molar-refractivity contribution in [2.75, 3.05) is 29.9 Å². The molecule has 0 bridgehead atoms. The van der Waals surface area contributed by atoms with Gasteiger partial charge in [0.25, 0.3) is 0 Å². The molecule has 200 valence electrons. The summed E-state index contributed by atoms with van der Waals surface area (Å²) in [6, 6.07) is 22.8. The number of rotatable bonds is 5. The quantitative estimate of drug-likeness (QED) is 0.331. The van der Waals surface area contributed by atoms with Crippen molar-refractivity contribution < 1.29 is 18.3 Å². The van der Waals surface area contributed by atoms with Crippen molar-refractivity contribution in [1.82, 2.24) is 15.1 Å². The number of nitrogens with one attached hydrogen (secondary N) is 1. The fourth-order valence-electron chi connectivity index (χ4n) is 4.60. The second-order valence-corrected chi connectivity index (χ2v) is 8.93. The first-order valence-electron chi connectivity index (χ1n) is 12.1. The van der Waals surface area contributed by atoms with Gasteiger partial charge in [0.1, 0.15) is 11.4 Å². The van der Waals surface area contributed by atoms with E-state index in [2.05, 4.69) is 31.2 Å². The molecule has 0 spiro atoms. The molecule has 1 saturated heterocycles. The van der Waals surface area contributed by atoms with Crippen LogP contribution in [0.1, 0.15) is 12.5 Å². The minimum Gasteiger partial charge on any atom is -0.435 e. The summed E-state index contributed by atoms with van der Waals surface area (Å²) >= 11 is 0. The van der Waals surface area contributed by atoms with Gasteiger partial charge in [-0.05, 0) is 43.3 Å². The Morgan fingerprint density at radius 2 is 1.72 bits per heavy atom. The Bertz CT molecular complexity index is 1500. The van der Waals surface area contributed by atoms with Crippen LogP contribution in [0.3, 0.4) is 0 Å². The van der Waals surface area contributed by atoms with Crippen molar-refractivity contribution in [2.45, 2.75) is 19.6 Å². The molecule has 0 radical (unpaired) electrons. The Labute approximate surface area is 230 Å². The number of urea groups is 1. The highest BCUT2D eigenvalue weighted by Gasteiger charge is 2.29. The summed E-state index contributed by atoms with van der Waals surface area (Å²) in [5.74, 6) is 0.777. The van der Waals surface area contributed by atoms with E-state index < -0.39 is 6.61 Å². The van der Waals surface area contributed by atoms with Crippen molar-refractivity contribution in [2.24, 2.45) is 0 Å². The van der Waals surface area contributed by atoms with Gasteiger partial charge in [0.05, 0.1) is 11.6 Å². The first-order valence-corrected chi connectivity index (χ1v) is 12.1. The van der Waals surface area contributed by atoms with Crippen LogP contribution in [0.4, 0.5) is 25.1 Å². The average molecular weight is 551 g/mol. The fourth-order valence-corrected chi connectivity index (χ4v) is 4.60. The lowest BCUT2D eigenvalue weighted by Gasteiger charge is -2.40. The van der Waals surface area contributed by atoms with Crippen LogP contribution in [0.15, 0.2) is 72.8 Å². The Kier molecular flexibility index (Phi) is 8.42. The van der Waals surface area contributed by atoms with E-state index in [0.29, 0.717) is 30.9 Å². The number of hydrogen-bond acceptors (Lipinski definition) is 6. The third-order valence-corrected chi connectivity index (χ3v) is 6.47. The highest BCUT2D eigenvalue weighted by atomic mass is 35.5. The zero-order chi connectivity index (χ0) is 26.6.